The third kappa shape index (κ3) is 2.46. The smallest absolute Gasteiger partial charge is 0.143 e. The zero-order chi connectivity index (χ0) is 11.5. The van der Waals surface area contributed by atoms with Crippen molar-refractivity contribution in [3.05, 3.63) is 47.5 Å². The van der Waals surface area contributed by atoms with Crippen LogP contribution in [0.15, 0.2) is 46.5 Å². The number of nitrogens with zero attached hydrogens (tertiary/aromatic N) is 1. The van der Waals surface area contributed by atoms with Crippen LogP contribution in [0.3, 0.4) is 0 Å². The molecule has 1 heterocycles. The molecule has 0 fully saturated rings. The maximum Gasteiger partial charge on any atom is 0.143 e. The largest absolute Gasteiger partial charge is 0.398 e. The van der Waals surface area contributed by atoms with Crippen LogP contribution in [0.1, 0.15) is 0 Å². The zero-order valence-electron chi connectivity index (χ0n) is 8.15. The Morgan fingerprint density at radius 1 is 1.25 bits per heavy atom. The normalized spacial score (nSPS) is 10.4. The molecule has 0 radical (unpaired) electrons. The molecule has 0 atom stereocenters. The Balaban J connectivity index is 2.32. The minimum absolute atomic E-state index is 0.0385. The minimum Gasteiger partial charge on any atom is -0.398 e. The van der Waals surface area contributed by atoms with E-state index in [2.05, 4.69) is 4.98 Å². The first-order chi connectivity index (χ1) is 7.66. The van der Waals surface area contributed by atoms with Crippen molar-refractivity contribution in [2.75, 3.05) is 5.73 Å². The topological polar surface area (TPSA) is 38.9 Å². The van der Waals surface area contributed by atoms with Crippen LogP contribution in [0, 0.1) is 5.82 Å². The molecule has 2 aromatic rings. The van der Waals surface area contributed by atoms with E-state index in [0.717, 1.165) is 4.90 Å². The van der Waals surface area contributed by atoms with Gasteiger partial charge < -0.3 is 5.73 Å². The number of benzene rings is 1. The number of nitrogen functional groups attached to an aromatic ring is 1. The van der Waals surface area contributed by atoms with E-state index in [1.807, 2.05) is 12.1 Å². The molecule has 0 aliphatic heterocycles. The molecule has 1 aromatic heterocycles. The van der Waals surface area contributed by atoms with Crippen LogP contribution in [0.2, 0.25) is 5.02 Å². The summed E-state index contributed by atoms with van der Waals surface area (Å²) in [5.74, 6) is -0.465. The fourth-order valence-corrected chi connectivity index (χ4v) is 2.19. The molecule has 16 heavy (non-hydrogen) atoms. The molecule has 1 aromatic carbocycles. The van der Waals surface area contributed by atoms with Gasteiger partial charge in [-0.05, 0) is 24.3 Å². The lowest BCUT2D eigenvalue weighted by atomic mass is 10.3. The molecule has 0 aliphatic carbocycles. The van der Waals surface area contributed by atoms with Crippen molar-refractivity contribution in [3.63, 3.8) is 0 Å². The molecule has 0 unspecified atom stereocenters. The highest BCUT2D eigenvalue weighted by Crippen LogP contribution is 2.34. The zero-order valence-corrected chi connectivity index (χ0v) is 9.73. The second-order valence-electron chi connectivity index (χ2n) is 3.09. The van der Waals surface area contributed by atoms with Crippen LogP contribution >= 0.6 is 23.4 Å². The van der Waals surface area contributed by atoms with Crippen LogP contribution in [-0.2, 0) is 0 Å². The number of hydrogen-bond donors (Lipinski definition) is 1. The summed E-state index contributed by atoms with van der Waals surface area (Å²) in [4.78, 5) is 5.50. The summed E-state index contributed by atoms with van der Waals surface area (Å²) >= 11 is 6.99. The van der Waals surface area contributed by atoms with E-state index in [4.69, 9.17) is 17.3 Å². The van der Waals surface area contributed by atoms with E-state index < -0.39 is 5.82 Å². The number of anilines is 1. The van der Waals surface area contributed by atoms with E-state index in [1.165, 1.54) is 23.9 Å². The summed E-state index contributed by atoms with van der Waals surface area (Å²) in [7, 11) is 0. The number of rotatable bonds is 2. The summed E-state index contributed by atoms with van der Waals surface area (Å²) in [5.41, 5.74) is 6.22. The molecule has 2 N–H and O–H groups in total. The Kier molecular flexibility index (Phi) is 3.31. The molecule has 82 valence electrons. The van der Waals surface area contributed by atoms with Gasteiger partial charge in [0.15, 0.2) is 0 Å². The van der Waals surface area contributed by atoms with Crippen LogP contribution in [0.4, 0.5) is 10.1 Å². The third-order valence-corrected chi connectivity index (χ3v) is 3.30. The van der Waals surface area contributed by atoms with Crippen molar-refractivity contribution in [2.45, 2.75) is 9.79 Å². The maximum atomic E-state index is 13.2. The molecule has 0 spiro atoms. The predicted octanol–water partition coefficient (Wildman–Crippen LogP) is 3.61. The number of aromatic nitrogens is 1. The first-order valence-corrected chi connectivity index (χ1v) is 5.68. The van der Waals surface area contributed by atoms with E-state index in [9.17, 15) is 4.39 Å². The van der Waals surface area contributed by atoms with Crippen molar-refractivity contribution < 1.29 is 4.39 Å². The predicted molar refractivity (Wildman–Crippen MR) is 64.2 cm³/mol. The monoisotopic (exact) mass is 254 g/mol. The Hall–Kier alpha value is -1.26. The molecule has 0 bridgehead atoms. The Labute approximate surface area is 102 Å². The van der Waals surface area contributed by atoms with Gasteiger partial charge in [-0.25, -0.2) is 4.39 Å². The Bertz CT molecular complexity index is 505. The summed E-state index contributed by atoms with van der Waals surface area (Å²) in [6.07, 6.45) is 3.34. The summed E-state index contributed by atoms with van der Waals surface area (Å²) in [5, 5.41) is 0.0385. The van der Waals surface area contributed by atoms with Gasteiger partial charge in [0.25, 0.3) is 0 Å². The maximum absolute atomic E-state index is 13.2. The van der Waals surface area contributed by atoms with Gasteiger partial charge in [0.05, 0.1) is 5.02 Å². The van der Waals surface area contributed by atoms with Crippen molar-refractivity contribution >= 4 is 29.1 Å². The fraction of sp³-hybridized carbons (Fsp3) is 0. The second kappa shape index (κ2) is 4.72. The van der Waals surface area contributed by atoms with Crippen molar-refractivity contribution in [1.29, 1.82) is 0 Å². The van der Waals surface area contributed by atoms with E-state index in [1.54, 1.807) is 12.4 Å². The highest BCUT2D eigenvalue weighted by Gasteiger charge is 2.07. The van der Waals surface area contributed by atoms with Gasteiger partial charge in [0.1, 0.15) is 5.82 Å². The fourth-order valence-electron chi connectivity index (χ4n) is 1.17. The molecule has 0 amide bonds. The van der Waals surface area contributed by atoms with Crippen LogP contribution in [0.25, 0.3) is 0 Å². The molecule has 2 rings (SSSR count). The average molecular weight is 255 g/mol. The third-order valence-electron chi connectivity index (χ3n) is 1.93. The van der Waals surface area contributed by atoms with Gasteiger partial charge in [-0.3, -0.25) is 4.98 Å². The first kappa shape index (κ1) is 11.2. The molecular weight excluding hydrogens is 247 g/mol. The second-order valence-corrected chi connectivity index (χ2v) is 4.61. The number of halogens is 2. The average Bonchev–Trinajstić information content (AvgIpc) is 2.27. The van der Waals surface area contributed by atoms with Crippen LogP contribution in [-0.4, -0.2) is 4.98 Å². The number of hydrogen-bond acceptors (Lipinski definition) is 3. The highest BCUT2D eigenvalue weighted by molar-refractivity contribution is 7.99. The van der Waals surface area contributed by atoms with Crippen LogP contribution in [0.5, 0.6) is 0 Å². The Morgan fingerprint density at radius 3 is 2.62 bits per heavy atom. The summed E-state index contributed by atoms with van der Waals surface area (Å²) < 4.78 is 13.2. The lowest BCUT2D eigenvalue weighted by Crippen LogP contribution is -1.90. The lowest BCUT2D eigenvalue weighted by molar-refractivity contribution is 0.625. The SMILES string of the molecule is Nc1cc(Cl)c(F)cc1Sc1ccncc1. The highest BCUT2D eigenvalue weighted by atomic mass is 35.5. The van der Waals surface area contributed by atoms with E-state index in [0.29, 0.717) is 10.6 Å². The minimum atomic E-state index is -0.465. The van der Waals surface area contributed by atoms with E-state index in [-0.39, 0.29) is 5.02 Å². The lowest BCUT2D eigenvalue weighted by Gasteiger charge is -2.06. The Morgan fingerprint density at radius 2 is 1.94 bits per heavy atom. The number of pyridine rings is 1. The van der Waals surface area contributed by atoms with Crippen LogP contribution < -0.4 is 5.73 Å². The molecule has 0 saturated carbocycles. The van der Waals surface area contributed by atoms with Gasteiger partial charge in [0.2, 0.25) is 0 Å². The molecular formula is C11H8ClFN2S. The van der Waals surface area contributed by atoms with Crippen molar-refractivity contribution in [3.8, 4) is 0 Å². The van der Waals surface area contributed by atoms with Gasteiger partial charge in [-0.15, -0.1) is 0 Å². The van der Waals surface area contributed by atoms with Gasteiger partial charge in [-0.1, -0.05) is 23.4 Å². The molecule has 0 aliphatic rings. The van der Waals surface area contributed by atoms with E-state index >= 15 is 0 Å². The van der Waals surface area contributed by atoms with Gasteiger partial charge >= 0.3 is 0 Å². The first-order valence-electron chi connectivity index (χ1n) is 4.49. The van der Waals surface area contributed by atoms with Crippen molar-refractivity contribution in [1.82, 2.24) is 4.98 Å². The summed E-state index contributed by atoms with van der Waals surface area (Å²) in [6.45, 7) is 0. The number of nitrogens with two attached hydrogens (primary N) is 1. The standard InChI is InChI=1S/C11H8ClFN2S/c12-8-5-10(14)11(6-9(8)13)16-7-1-3-15-4-2-7/h1-6H,14H2. The summed E-state index contributed by atoms with van der Waals surface area (Å²) in [6, 6.07) is 6.41. The molecule has 2 nitrogen and oxygen atoms in total. The molecule has 0 saturated heterocycles. The molecule has 5 heteroatoms. The quantitative estimate of drug-likeness (QED) is 0.832. The van der Waals surface area contributed by atoms with Gasteiger partial charge in [-0.2, -0.15) is 0 Å². The van der Waals surface area contributed by atoms with Gasteiger partial charge in [0, 0.05) is 27.9 Å². The van der Waals surface area contributed by atoms with Crippen molar-refractivity contribution in [2.24, 2.45) is 0 Å².